The maximum Gasteiger partial charge on any atom is 0.278 e. The van der Waals surface area contributed by atoms with Crippen molar-refractivity contribution in [3.05, 3.63) is 80.9 Å². The number of halogens is 1. The number of carbonyl (C=O) groups is 1. The first kappa shape index (κ1) is 21.8. The molecule has 0 saturated carbocycles. The van der Waals surface area contributed by atoms with Gasteiger partial charge in [0.2, 0.25) is 11.8 Å². The van der Waals surface area contributed by atoms with Gasteiger partial charge in [-0.1, -0.05) is 34.5 Å². The number of hydrogen-bond acceptors (Lipinski definition) is 6. The molecule has 0 spiro atoms. The molecule has 0 aliphatic carbocycles. The smallest absolute Gasteiger partial charge is 0.278 e. The lowest BCUT2D eigenvalue weighted by Gasteiger charge is -2.11. The van der Waals surface area contributed by atoms with Crippen LogP contribution in [0, 0.1) is 20.8 Å². The Balaban J connectivity index is 1.61. The quantitative estimate of drug-likeness (QED) is 0.410. The molecule has 0 fully saturated rings. The van der Waals surface area contributed by atoms with Crippen molar-refractivity contribution in [2.75, 3.05) is 5.32 Å². The van der Waals surface area contributed by atoms with Crippen LogP contribution in [0.5, 0.6) is 0 Å². The molecule has 0 radical (unpaired) electrons. The third-order valence-corrected chi connectivity index (χ3v) is 6.11. The maximum absolute atomic E-state index is 13.5. The number of rotatable bonds is 5. The van der Waals surface area contributed by atoms with E-state index in [-0.39, 0.29) is 24.6 Å². The SMILES string of the molecule is Cc1ccc2c(c1)c1ncn(Cc3nc(C)no3)c(=O)c1n2CC(=O)Nc1cccc(Cl)c1C. The third-order valence-electron chi connectivity index (χ3n) is 5.70. The largest absolute Gasteiger partial charge is 0.337 e. The van der Waals surface area contributed by atoms with E-state index in [9.17, 15) is 9.59 Å². The van der Waals surface area contributed by atoms with Crippen LogP contribution in [0.3, 0.4) is 0 Å². The monoisotopic (exact) mass is 476 g/mol. The van der Waals surface area contributed by atoms with Gasteiger partial charge in [0, 0.05) is 16.1 Å². The van der Waals surface area contributed by atoms with Crippen LogP contribution >= 0.6 is 11.6 Å². The van der Waals surface area contributed by atoms with Crippen LogP contribution in [-0.4, -0.2) is 30.2 Å². The highest BCUT2D eigenvalue weighted by Crippen LogP contribution is 2.27. The van der Waals surface area contributed by atoms with Gasteiger partial charge in [0.25, 0.3) is 5.56 Å². The van der Waals surface area contributed by atoms with Crippen molar-refractivity contribution < 1.29 is 9.32 Å². The van der Waals surface area contributed by atoms with Gasteiger partial charge in [-0.2, -0.15) is 4.98 Å². The van der Waals surface area contributed by atoms with Gasteiger partial charge in [-0.3, -0.25) is 14.2 Å². The van der Waals surface area contributed by atoms with E-state index in [1.54, 1.807) is 29.7 Å². The molecule has 34 heavy (non-hydrogen) atoms. The number of hydrogen-bond donors (Lipinski definition) is 1. The number of aryl methyl sites for hydroxylation is 2. The predicted octanol–water partition coefficient (Wildman–Crippen LogP) is 4.00. The van der Waals surface area contributed by atoms with Gasteiger partial charge in [-0.25, -0.2) is 4.98 Å². The van der Waals surface area contributed by atoms with E-state index < -0.39 is 0 Å². The van der Waals surface area contributed by atoms with Crippen LogP contribution in [0.4, 0.5) is 5.69 Å². The Morgan fingerprint density at radius 1 is 1.18 bits per heavy atom. The molecule has 5 aromatic rings. The first-order valence-electron chi connectivity index (χ1n) is 10.6. The second-order valence-corrected chi connectivity index (χ2v) is 8.58. The first-order chi connectivity index (χ1) is 16.3. The van der Waals surface area contributed by atoms with Crippen LogP contribution in [0.2, 0.25) is 5.02 Å². The molecular weight excluding hydrogens is 456 g/mol. The summed E-state index contributed by atoms with van der Waals surface area (Å²) >= 11 is 6.19. The molecule has 0 bridgehead atoms. The Morgan fingerprint density at radius 3 is 2.76 bits per heavy atom. The molecule has 0 saturated heterocycles. The topological polar surface area (TPSA) is 108 Å². The second kappa shape index (κ2) is 8.42. The fourth-order valence-corrected chi connectivity index (χ4v) is 4.19. The van der Waals surface area contributed by atoms with E-state index in [2.05, 4.69) is 20.4 Å². The highest BCUT2D eigenvalue weighted by Gasteiger charge is 2.20. The van der Waals surface area contributed by atoms with Gasteiger partial charge in [-0.15, -0.1) is 0 Å². The standard InChI is InChI=1S/C24H21ClN6O3/c1-13-7-8-19-16(9-13)22-23(24(33)30(12-26-22)11-21-27-15(3)29-34-21)31(19)10-20(32)28-18-6-4-5-17(25)14(18)2/h4-9,12H,10-11H2,1-3H3,(H,28,32). The molecule has 9 nitrogen and oxygen atoms in total. The number of carbonyl (C=O) groups excluding carboxylic acids is 1. The molecule has 3 heterocycles. The molecule has 3 aromatic heterocycles. The zero-order valence-corrected chi connectivity index (χ0v) is 19.6. The number of nitrogens with zero attached hydrogens (tertiary/aromatic N) is 5. The summed E-state index contributed by atoms with van der Waals surface area (Å²) in [6.45, 7) is 5.52. The average Bonchev–Trinajstić information content (AvgIpc) is 3.34. The third kappa shape index (κ3) is 3.84. The van der Waals surface area contributed by atoms with Crippen molar-refractivity contribution in [1.82, 2.24) is 24.3 Å². The lowest BCUT2D eigenvalue weighted by molar-refractivity contribution is -0.116. The van der Waals surface area contributed by atoms with Crippen LogP contribution < -0.4 is 10.9 Å². The van der Waals surface area contributed by atoms with Crippen molar-refractivity contribution in [2.24, 2.45) is 0 Å². The zero-order chi connectivity index (χ0) is 24.0. The minimum atomic E-state index is -0.304. The van der Waals surface area contributed by atoms with Gasteiger partial charge in [0.1, 0.15) is 24.1 Å². The van der Waals surface area contributed by atoms with E-state index >= 15 is 0 Å². The summed E-state index contributed by atoms with van der Waals surface area (Å²) in [5.74, 6) is 0.496. The molecule has 1 N–H and O–H groups in total. The maximum atomic E-state index is 13.5. The van der Waals surface area contributed by atoms with Crippen LogP contribution in [0.15, 0.2) is 52.0 Å². The van der Waals surface area contributed by atoms with E-state index in [4.69, 9.17) is 16.1 Å². The first-order valence-corrected chi connectivity index (χ1v) is 11.0. The summed E-state index contributed by atoms with van der Waals surface area (Å²) in [6, 6.07) is 11.1. The van der Waals surface area contributed by atoms with Gasteiger partial charge in [-0.05, 0) is 50.6 Å². The Morgan fingerprint density at radius 2 is 2.00 bits per heavy atom. The molecule has 0 aliphatic rings. The van der Waals surface area contributed by atoms with Crippen LogP contribution in [0.1, 0.15) is 22.8 Å². The molecule has 0 aliphatic heterocycles. The van der Waals surface area contributed by atoms with Gasteiger partial charge in [0.05, 0.1) is 11.8 Å². The highest BCUT2D eigenvalue weighted by molar-refractivity contribution is 6.31. The van der Waals surface area contributed by atoms with E-state index in [0.717, 1.165) is 22.0 Å². The second-order valence-electron chi connectivity index (χ2n) is 8.18. The lowest BCUT2D eigenvalue weighted by Crippen LogP contribution is -2.25. The average molecular weight is 477 g/mol. The number of anilines is 1. The molecule has 1 amide bonds. The molecule has 172 valence electrons. The minimum Gasteiger partial charge on any atom is -0.337 e. The normalized spacial score (nSPS) is 11.4. The van der Waals surface area contributed by atoms with Gasteiger partial charge < -0.3 is 14.4 Å². The summed E-state index contributed by atoms with van der Waals surface area (Å²) < 4.78 is 8.26. The molecule has 2 aromatic carbocycles. The Labute approximate surface area is 199 Å². The molecule has 0 atom stereocenters. The zero-order valence-electron chi connectivity index (χ0n) is 18.8. The number of benzene rings is 2. The van der Waals surface area contributed by atoms with Crippen molar-refractivity contribution in [3.63, 3.8) is 0 Å². The number of aromatic nitrogens is 5. The van der Waals surface area contributed by atoms with Gasteiger partial charge >= 0.3 is 0 Å². The van der Waals surface area contributed by atoms with Crippen molar-refractivity contribution in [2.45, 2.75) is 33.9 Å². The summed E-state index contributed by atoms with van der Waals surface area (Å²) in [7, 11) is 0. The van der Waals surface area contributed by atoms with E-state index in [1.807, 2.05) is 32.0 Å². The van der Waals surface area contributed by atoms with Crippen molar-refractivity contribution >= 4 is 45.1 Å². The Kier molecular flexibility index (Phi) is 5.41. The summed E-state index contributed by atoms with van der Waals surface area (Å²) in [6.07, 6.45) is 1.46. The van der Waals surface area contributed by atoms with E-state index in [0.29, 0.717) is 33.5 Å². The molecular formula is C24H21ClN6O3. The number of fused-ring (bicyclic) bond motifs is 3. The van der Waals surface area contributed by atoms with Gasteiger partial charge in [0.15, 0.2) is 5.82 Å². The summed E-state index contributed by atoms with van der Waals surface area (Å²) in [5.41, 5.74) is 3.73. The van der Waals surface area contributed by atoms with Crippen molar-refractivity contribution in [3.8, 4) is 0 Å². The highest BCUT2D eigenvalue weighted by atomic mass is 35.5. The Hall–Kier alpha value is -3.98. The lowest BCUT2D eigenvalue weighted by atomic mass is 10.1. The molecule has 10 heteroatoms. The minimum absolute atomic E-state index is 0.0738. The number of nitrogens with one attached hydrogen (secondary N) is 1. The fourth-order valence-electron chi connectivity index (χ4n) is 4.02. The summed E-state index contributed by atoms with van der Waals surface area (Å²) in [4.78, 5) is 35.3. The molecule has 5 rings (SSSR count). The van der Waals surface area contributed by atoms with E-state index in [1.165, 1.54) is 10.9 Å². The summed E-state index contributed by atoms with van der Waals surface area (Å²) in [5, 5.41) is 8.04. The fraction of sp³-hybridized carbons (Fsp3) is 0.208. The molecule has 0 unspecified atom stereocenters. The predicted molar refractivity (Wildman–Crippen MR) is 129 cm³/mol. The van der Waals surface area contributed by atoms with Crippen molar-refractivity contribution in [1.29, 1.82) is 0 Å². The van der Waals surface area contributed by atoms with Crippen LogP contribution in [-0.2, 0) is 17.9 Å². The Bertz CT molecular complexity index is 1630. The number of amides is 1. The van der Waals surface area contributed by atoms with Crippen LogP contribution in [0.25, 0.3) is 21.9 Å².